The van der Waals surface area contributed by atoms with Gasteiger partial charge in [-0.1, -0.05) is 60.8 Å². The van der Waals surface area contributed by atoms with Crippen molar-refractivity contribution in [2.24, 2.45) is 0 Å². The third kappa shape index (κ3) is 6.71. The number of carbonyl (C=O) groups is 2. The Kier molecular flexibility index (Phi) is 8.37. The molecular formula is C24H30ClN3O4S. The molecule has 1 atom stereocenters. The minimum Gasteiger partial charge on any atom is -0.352 e. The fraction of sp³-hybridized carbons (Fsp3) is 0.417. The Morgan fingerprint density at radius 1 is 1.06 bits per heavy atom. The zero-order chi connectivity index (χ0) is 24.0. The number of amides is 2. The van der Waals surface area contributed by atoms with Crippen LogP contribution in [0.4, 0.5) is 5.69 Å². The second-order valence-electron chi connectivity index (χ2n) is 8.38. The quantitative estimate of drug-likeness (QED) is 0.580. The summed E-state index contributed by atoms with van der Waals surface area (Å²) in [5.74, 6) is -0.744. The number of rotatable bonds is 9. The summed E-state index contributed by atoms with van der Waals surface area (Å²) in [7, 11) is -3.73. The van der Waals surface area contributed by atoms with Gasteiger partial charge < -0.3 is 10.2 Å². The van der Waals surface area contributed by atoms with Crippen LogP contribution in [0.25, 0.3) is 0 Å². The van der Waals surface area contributed by atoms with Crippen molar-refractivity contribution in [3.63, 3.8) is 0 Å². The molecule has 3 rings (SSSR count). The van der Waals surface area contributed by atoms with Gasteiger partial charge in [-0.3, -0.25) is 13.9 Å². The number of sulfonamides is 1. The standard InChI is InChI=1S/C24H30ClN3O4S/c1-18(24(30)26-20-11-7-8-12-20)27(16-19-10-6-9-15-22(19)25)23(29)17-28(33(2,31)32)21-13-4-3-5-14-21/h3-6,9-10,13-15,18,20H,7-8,11-12,16-17H2,1-2H3,(H,26,30)/t18-/m0/s1. The van der Waals surface area contributed by atoms with Crippen molar-refractivity contribution in [3.05, 3.63) is 65.2 Å². The minimum absolute atomic E-state index is 0.0875. The molecule has 33 heavy (non-hydrogen) atoms. The van der Waals surface area contributed by atoms with E-state index in [4.69, 9.17) is 11.6 Å². The minimum atomic E-state index is -3.73. The smallest absolute Gasteiger partial charge is 0.244 e. The highest BCUT2D eigenvalue weighted by Crippen LogP contribution is 2.22. The molecule has 178 valence electrons. The molecule has 1 fully saturated rings. The molecule has 2 aromatic rings. The van der Waals surface area contributed by atoms with Crippen LogP contribution in [-0.4, -0.2) is 50.0 Å². The number of nitrogens with one attached hydrogen (secondary N) is 1. The van der Waals surface area contributed by atoms with Crippen molar-refractivity contribution in [1.82, 2.24) is 10.2 Å². The monoisotopic (exact) mass is 491 g/mol. The predicted octanol–water partition coefficient (Wildman–Crippen LogP) is 3.58. The van der Waals surface area contributed by atoms with Gasteiger partial charge in [0, 0.05) is 17.6 Å². The molecule has 7 nitrogen and oxygen atoms in total. The predicted molar refractivity (Wildman–Crippen MR) is 130 cm³/mol. The number of carbonyl (C=O) groups excluding carboxylic acids is 2. The van der Waals surface area contributed by atoms with Crippen molar-refractivity contribution in [3.8, 4) is 0 Å². The average molecular weight is 492 g/mol. The summed E-state index contributed by atoms with van der Waals surface area (Å²) in [4.78, 5) is 27.9. The number of anilines is 1. The second kappa shape index (κ2) is 11.0. The maximum atomic E-state index is 13.5. The van der Waals surface area contributed by atoms with E-state index in [1.54, 1.807) is 61.5 Å². The van der Waals surface area contributed by atoms with Crippen molar-refractivity contribution in [2.75, 3.05) is 17.1 Å². The summed E-state index contributed by atoms with van der Waals surface area (Å²) in [5, 5.41) is 3.51. The molecule has 2 amide bonds. The largest absolute Gasteiger partial charge is 0.352 e. The van der Waals surface area contributed by atoms with Crippen LogP contribution in [0.2, 0.25) is 5.02 Å². The van der Waals surface area contributed by atoms with Crippen LogP contribution in [0.1, 0.15) is 38.2 Å². The van der Waals surface area contributed by atoms with E-state index in [-0.39, 0.29) is 18.5 Å². The molecule has 0 radical (unpaired) electrons. The molecule has 0 unspecified atom stereocenters. The Morgan fingerprint density at radius 2 is 1.67 bits per heavy atom. The summed E-state index contributed by atoms with van der Waals surface area (Å²) in [6, 6.07) is 14.8. The normalized spacial score (nSPS) is 15.1. The zero-order valence-corrected chi connectivity index (χ0v) is 20.5. The molecule has 0 aliphatic heterocycles. The lowest BCUT2D eigenvalue weighted by Gasteiger charge is -2.32. The van der Waals surface area contributed by atoms with Crippen LogP contribution in [0.3, 0.4) is 0 Å². The number of benzene rings is 2. The summed E-state index contributed by atoms with van der Waals surface area (Å²) >= 11 is 6.32. The lowest BCUT2D eigenvalue weighted by Crippen LogP contribution is -2.52. The van der Waals surface area contributed by atoms with Crippen LogP contribution in [0, 0.1) is 0 Å². The number of hydrogen-bond acceptors (Lipinski definition) is 4. The van der Waals surface area contributed by atoms with Gasteiger partial charge in [0.1, 0.15) is 12.6 Å². The Bertz CT molecular complexity index is 1070. The van der Waals surface area contributed by atoms with Gasteiger partial charge >= 0.3 is 0 Å². The summed E-state index contributed by atoms with van der Waals surface area (Å²) in [5.41, 5.74) is 1.06. The van der Waals surface area contributed by atoms with Gasteiger partial charge in [0.05, 0.1) is 11.9 Å². The van der Waals surface area contributed by atoms with Gasteiger partial charge in [0.25, 0.3) is 0 Å². The van der Waals surface area contributed by atoms with Crippen molar-refractivity contribution in [2.45, 2.75) is 51.2 Å². The fourth-order valence-electron chi connectivity index (χ4n) is 3.99. The lowest BCUT2D eigenvalue weighted by molar-refractivity contribution is -0.139. The van der Waals surface area contributed by atoms with E-state index in [1.807, 2.05) is 0 Å². The molecule has 9 heteroatoms. The van der Waals surface area contributed by atoms with Crippen LogP contribution in [0.5, 0.6) is 0 Å². The van der Waals surface area contributed by atoms with E-state index in [0.29, 0.717) is 16.3 Å². The maximum Gasteiger partial charge on any atom is 0.244 e. The zero-order valence-electron chi connectivity index (χ0n) is 18.9. The molecule has 1 saturated carbocycles. The van der Waals surface area contributed by atoms with E-state index in [9.17, 15) is 18.0 Å². The molecule has 0 heterocycles. The fourth-order valence-corrected chi connectivity index (χ4v) is 5.04. The second-order valence-corrected chi connectivity index (χ2v) is 10.7. The molecule has 0 saturated heterocycles. The molecule has 0 spiro atoms. The Labute approximate surface area is 200 Å². The van der Waals surface area contributed by atoms with Crippen molar-refractivity contribution >= 4 is 39.1 Å². The average Bonchev–Trinajstić information content (AvgIpc) is 3.29. The highest BCUT2D eigenvalue weighted by atomic mass is 35.5. The molecule has 2 aromatic carbocycles. The Hall–Kier alpha value is -2.58. The summed E-state index contributed by atoms with van der Waals surface area (Å²) in [6.45, 7) is 1.32. The van der Waals surface area contributed by atoms with Crippen molar-refractivity contribution in [1.29, 1.82) is 0 Å². The number of nitrogens with zero attached hydrogens (tertiary/aromatic N) is 2. The molecule has 0 aromatic heterocycles. The SMILES string of the molecule is C[C@@H](C(=O)NC1CCCC1)N(Cc1ccccc1Cl)C(=O)CN(c1ccccc1)S(C)(=O)=O. The molecule has 0 bridgehead atoms. The van der Waals surface area contributed by atoms with Gasteiger partial charge in [0.15, 0.2) is 0 Å². The first kappa shape index (κ1) is 25.1. The van der Waals surface area contributed by atoms with Gasteiger partial charge in [-0.2, -0.15) is 0 Å². The third-order valence-corrected chi connectivity index (χ3v) is 7.40. The third-order valence-electron chi connectivity index (χ3n) is 5.89. The van der Waals surface area contributed by atoms with E-state index in [2.05, 4.69) is 5.32 Å². The van der Waals surface area contributed by atoms with Crippen LogP contribution in [-0.2, 0) is 26.2 Å². The van der Waals surface area contributed by atoms with Crippen LogP contribution < -0.4 is 9.62 Å². The number of para-hydroxylation sites is 1. The van der Waals surface area contributed by atoms with Gasteiger partial charge in [-0.05, 0) is 43.5 Å². The molecule has 1 N–H and O–H groups in total. The summed E-state index contributed by atoms with van der Waals surface area (Å²) in [6.07, 6.45) is 5.05. The number of halogens is 1. The molecule has 1 aliphatic rings. The van der Waals surface area contributed by atoms with Crippen LogP contribution in [0.15, 0.2) is 54.6 Å². The van der Waals surface area contributed by atoms with Crippen molar-refractivity contribution < 1.29 is 18.0 Å². The summed E-state index contributed by atoms with van der Waals surface area (Å²) < 4.78 is 26.0. The first-order valence-electron chi connectivity index (χ1n) is 11.0. The molecule has 1 aliphatic carbocycles. The molecular weight excluding hydrogens is 462 g/mol. The number of hydrogen-bond donors (Lipinski definition) is 1. The maximum absolute atomic E-state index is 13.5. The van der Waals surface area contributed by atoms with E-state index in [0.717, 1.165) is 36.2 Å². The first-order chi connectivity index (χ1) is 15.7. The highest BCUT2D eigenvalue weighted by Gasteiger charge is 2.31. The topological polar surface area (TPSA) is 86.8 Å². The highest BCUT2D eigenvalue weighted by molar-refractivity contribution is 7.92. The van der Waals surface area contributed by atoms with Crippen LogP contribution >= 0.6 is 11.6 Å². The van der Waals surface area contributed by atoms with E-state index >= 15 is 0 Å². The lowest BCUT2D eigenvalue weighted by atomic mass is 10.1. The Morgan fingerprint density at radius 3 is 2.27 bits per heavy atom. The first-order valence-corrected chi connectivity index (χ1v) is 13.3. The van der Waals surface area contributed by atoms with Gasteiger partial charge in [-0.15, -0.1) is 0 Å². The van der Waals surface area contributed by atoms with E-state index < -0.39 is 28.5 Å². The van der Waals surface area contributed by atoms with E-state index in [1.165, 1.54) is 4.90 Å². The van der Waals surface area contributed by atoms with Gasteiger partial charge in [-0.25, -0.2) is 8.42 Å². The Balaban J connectivity index is 1.87. The van der Waals surface area contributed by atoms with Gasteiger partial charge in [0.2, 0.25) is 21.8 Å².